The van der Waals surface area contributed by atoms with Crippen LogP contribution < -0.4 is 0 Å². The van der Waals surface area contributed by atoms with E-state index < -0.39 is 12.8 Å². The molecule has 4 heteroatoms. The average molecular weight is 218 g/mol. The van der Waals surface area contributed by atoms with E-state index in [4.69, 9.17) is 0 Å². The molecule has 0 radical (unpaired) electrons. The molecule has 0 unspecified atom stereocenters. The summed E-state index contributed by atoms with van der Waals surface area (Å²) in [6.45, 7) is 2.61. The number of alkyl halides is 3. The number of hydrogen-bond donors (Lipinski definition) is 0. The summed E-state index contributed by atoms with van der Waals surface area (Å²) in [5.41, 5.74) is 2.84. The van der Waals surface area contributed by atoms with Crippen molar-refractivity contribution < 1.29 is 17.9 Å². The van der Waals surface area contributed by atoms with Crippen LogP contribution in [-0.4, -0.2) is 12.8 Å². The van der Waals surface area contributed by atoms with Gasteiger partial charge in [0.25, 0.3) is 0 Å². The van der Waals surface area contributed by atoms with Gasteiger partial charge < -0.3 is 4.74 Å². The van der Waals surface area contributed by atoms with E-state index in [1.807, 2.05) is 26.0 Å². The van der Waals surface area contributed by atoms with Crippen LogP contribution in [0.3, 0.4) is 0 Å². The lowest BCUT2D eigenvalue weighted by molar-refractivity contribution is -0.176. The molecule has 0 fully saturated rings. The molecule has 0 aliphatic carbocycles. The smallest absolute Gasteiger partial charge is 0.367 e. The molecular weight excluding hydrogens is 205 g/mol. The SMILES string of the molecule is Cc1ccc(COCC(F)(F)F)c(C)c1. The maximum Gasteiger partial charge on any atom is 0.411 e. The highest BCUT2D eigenvalue weighted by atomic mass is 19.4. The van der Waals surface area contributed by atoms with Crippen molar-refractivity contribution in [1.29, 1.82) is 0 Å². The van der Waals surface area contributed by atoms with Crippen molar-refractivity contribution in [2.75, 3.05) is 6.61 Å². The molecule has 1 nitrogen and oxygen atoms in total. The first kappa shape index (κ1) is 12.0. The summed E-state index contributed by atoms with van der Waals surface area (Å²) in [5.74, 6) is 0. The maximum absolute atomic E-state index is 11.8. The maximum atomic E-state index is 11.8. The Labute approximate surface area is 86.9 Å². The highest BCUT2D eigenvalue weighted by Crippen LogP contribution is 2.17. The fourth-order valence-electron chi connectivity index (χ4n) is 1.28. The Morgan fingerprint density at radius 1 is 1.20 bits per heavy atom. The molecule has 0 amide bonds. The quantitative estimate of drug-likeness (QED) is 0.755. The van der Waals surface area contributed by atoms with Crippen molar-refractivity contribution in [1.82, 2.24) is 0 Å². The first-order valence-corrected chi connectivity index (χ1v) is 4.59. The summed E-state index contributed by atoms with van der Waals surface area (Å²) in [6.07, 6.45) is -4.25. The van der Waals surface area contributed by atoms with E-state index in [2.05, 4.69) is 4.74 Å². The largest absolute Gasteiger partial charge is 0.411 e. The van der Waals surface area contributed by atoms with Crippen LogP contribution in [-0.2, 0) is 11.3 Å². The molecule has 0 N–H and O–H groups in total. The number of aryl methyl sites for hydroxylation is 2. The van der Waals surface area contributed by atoms with E-state index in [0.717, 1.165) is 16.7 Å². The Kier molecular flexibility index (Phi) is 3.74. The van der Waals surface area contributed by atoms with Crippen molar-refractivity contribution in [3.8, 4) is 0 Å². The zero-order chi connectivity index (χ0) is 11.5. The number of hydrogen-bond acceptors (Lipinski definition) is 1. The van der Waals surface area contributed by atoms with Gasteiger partial charge >= 0.3 is 6.18 Å². The van der Waals surface area contributed by atoms with E-state index in [-0.39, 0.29) is 6.61 Å². The van der Waals surface area contributed by atoms with E-state index in [9.17, 15) is 13.2 Å². The van der Waals surface area contributed by atoms with Crippen LogP contribution in [0.25, 0.3) is 0 Å². The van der Waals surface area contributed by atoms with Crippen LogP contribution >= 0.6 is 0 Å². The molecular formula is C11H13F3O. The second-order valence-electron chi connectivity index (χ2n) is 3.54. The van der Waals surface area contributed by atoms with Gasteiger partial charge in [-0.1, -0.05) is 23.8 Å². The van der Waals surface area contributed by atoms with E-state index in [1.54, 1.807) is 6.07 Å². The third-order valence-electron chi connectivity index (χ3n) is 2.02. The van der Waals surface area contributed by atoms with Crippen LogP contribution in [0.15, 0.2) is 18.2 Å². The van der Waals surface area contributed by atoms with Gasteiger partial charge in [0, 0.05) is 0 Å². The van der Waals surface area contributed by atoms with Crippen molar-refractivity contribution >= 4 is 0 Å². The highest BCUT2D eigenvalue weighted by Gasteiger charge is 2.27. The zero-order valence-electron chi connectivity index (χ0n) is 8.69. The first-order chi connectivity index (χ1) is 6.88. The monoisotopic (exact) mass is 218 g/mol. The standard InChI is InChI=1S/C11H13F3O/c1-8-3-4-10(9(2)5-8)6-15-7-11(12,13)14/h3-5H,6-7H2,1-2H3. The Bertz CT molecular complexity index is 331. The molecule has 15 heavy (non-hydrogen) atoms. The van der Waals surface area contributed by atoms with Crippen molar-refractivity contribution in [2.24, 2.45) is 0 Å². The Morgan fingerprint density at radius 3 is 2.40 bits per heavy atom. The molecule has 1 aromatic carbocycles. The van der Waals surface area contributed by atoms with Gasteiger partial charge in [-0.3, -0.25) is 0 Å². The topological polar surface area (TPSA) is 9.23 Å². The van der Waals surface area contributed by atoms with Crippen LogP contribution in [0.1, 0.15) is 16.7 Å². The molecule has 0 aliphatic heterocycles. The molecule has 0 heterocycles. The number of rotatable bonds is 3. The summed E-state index contributed by atoms with van der Waals surface area (Å²) < 4.78 is 40.0. The summed E-state index contributed by atoms with van der Waals surface area (Å²) in [5, 5.41) is 0. The average Bonchev–Trinajstić information content (AvgIpc) is 2.07. The van der Waals surface area contributed by atoms with Crippen LogP contribution in [0.4, 0.5) is 13.2 Å². The third kappa shape index (κ3) is 4.34. The van der Waals surface area contributed by atoms with Crippen molar-refractivity contribution in [3.63, 3.8) is 0 Å². The predicted molar refractivity (Wildman–Crippen MR) is 51.6 cm³/mol. The molecule has 84 valence electrons. The lowest BCUT2D eigenvalue weighted by atomic mass is 10.1. The van der Waals surface area contributed by atoms with Gasteiger partial charge in [0.05, 0.1) is 6.61 Å². The Hall–Kier alpha value is -1.03. The lowest BCUT2D eigenvalue weighted by Crippen LogP contribution is -2.16. The number of ether oxygens (including phenoxy) is 1. The lowest BCUT2D eigenvalue weighted by Gasteiger charge is -2.09. The minimum absolute atomic E-state index is 0.00558. The molecule has 0 atom stereocenters. The molecule has 0 bridgehead atoms. The molecule has 1 rings (SSSR count). The molecule has 1 aromatic rings. The van der Waals surface area contributed by atoms with Gasteiger partial charge in [-0.15, -0.1) is 0 Å². The van der Waals surface area contributed by atoms with E-state index >= 15 is 0 Å². The van der Waals surface area contributed by atoms with Crippen molar-refractivity contribution in [3.05, 3.63) is 34.9 Å². The summed E-state index contributed by atoms with van der Waals surface area (Å²) >= 11 is 0. The number of benzene rings is 1. The van der Waals surface area contributed by atoms with Gasteiger partial charge in [-0.2, -0.15) is 13.2 Å². The molecule has 0 aliphatic rings. The predicted octanol–water partition coefficient (Wildman–Crippen LogP) is 3.38. The first-order valence-electron chi connectivity index (χ1n) is 4.59. The Balaban J connectivity index is 2.51. The summed E-state index contributed by atoms with van der Waals surface area (Å²) in [6, 6.07) is 5.58. The van der Waals surface area contributed by atoms with Gasteiger partial charge in [0.2, 0.25) is 0 Å². The van der Waals surface area contributed by atoms with Gasteiger partial charge in [-0.05, 0) is 25.0 Å². The normalized spacial score (nSPS) is 11.8. The summed E-state index contributed by atoms with van der Waals surface area (Å²) in [4.78, 5) is 0. The molecule has 0 saturated carbocycles. The number of halogens is 3. The van der Waals surface area contributed by atoms with Crippen LogP contribution in [0.5, 0.6) is 0 Å². The zero-order valence-corrected chi connectivity index (χ0v) is 8.69. The van der Waals surface area contributed by atoms with Crippen LogP contribution in [0.2, 0.25) is 0 Å². The van der Waals surface area contributed by atoms with E-state index in [1.165, 1.54) is 0 Å². The second-order valence-corrected chi connectivity index (χ2v) is 3.54. The third-order valence-corrected chi connectivity index (χ3v) is 2.02. The van der Waals surface area contributed by atoms with Gasteiger partial charge in [0.1, 0.15) is 6.61 Å². The van der Waals surface area contributed by atoms with Gasteiger partial charge in [0.15, 0.2) is 0 Å². The molecule has 0 aromatic heterocycles. The van der Waals surface area contributed by atoms with Gasteiger partial charge in [-0.25, -0.2) is 0 Å². The molecule has 0 spiro atoms. The fraction of sp³-hybridized carbons (Fsp3) is 0.455. The highest BCUT2D eigenvalue weighted by molar-refractivity contribution is 5.29. The van der Waals surface area contributed by atoms with E-state index in [0.29, 0.717) is 0 Å². The second kappa shape index (κ2) is 4.66. The van der Waals surface area contributed by atoms with Crippen LogP contribution in [0, 0.1) is 13.8 Å². The Morgan fingerprint density at radius 2 is 1.87 bits per heavy atom. The molecule has 0 saturated heterocycles. The summed E-state index contributed by atoms with van der Waals surface area (Å²) in [7, 11) is 0. The van der Waals surface area contributed by atoms with Crippen molar-refractivity contribution in [2.45, 2.75) is 26.6 Å². The minimum atomic E-state index is -4.25. The fourth-order valence-corrected chi connectivity index (χ4v) is 1.28. The minimum Gasteiger partial charge on any atom is -0.367 e.